The van der Waals surface area contributed by atoms with Crippen molar-refractivity contribution in [1.82, 2.24) is 5.32 Å². The lowest BCUT2D eigenvalue weighted by atomic mass is 9.78. The first-order valence-electron chi connectivity index (χ1n) is 7.59. The number of ether oxygens (including phenoxy) is 1. The molecule has 2 rings (SSSR count). The Hall–Kier alpha value is -1.96. The number of nitrogens with one attached hydrogen (secondary N) is 1. The van der Waals surface area contributed by atoms with Gasteiger partial charge in [-0.2, -0.15) is 0 Å². The second kappa shape index (κ2) is 7.54. The molecule has 1 aliphatic rings. The van der Waals surface area contributed by atoms with Gasteiger partial charge in [-0.1, -0.05) is 38.0 Å². The van der Waals surface area contributed by atoms with Crippen molar-refractivity contribution >= 4 is 28.2 Å². The van der Waals surface area contributed by atoms with E-state index in [-0.39, 0.29) is 28.4 Å². The largest absolute Gasteiger partial charge is 0.451 e. The number of rotatable bonds is 5. The molecule has 7 nitrogen and oxygen atoms in total. The van der Waals surface area contributed by atoms with Crippen molar-refractivity contribution in [3.05, 3.63) is 27.1 Å². The topological polar surface area (TPSA) is 98.5 Å². The van der Waals surface area contributed by atoms with Crippen LogP contribution in [-0.2, 0) is 9.53 Å². The minimum absolute atomic E-state index is 0.104. The van der Waals surface area contributed by atoms with E-state index < -0.39 is 10.9 Å². The monoisotopic (exact) mass is 340 g/mol. The first-order chi connectivity index (χ1) is 10.9. The highest BCUT2D eigenvalue weighted by molar-refractivity contribution is 7.17. The van der Waals surface area contributed by atoms with Gasteiger partial charge in [0.05, 0.1) is 4.92 Å². The van der Waals surface area contributed by atoms with Gasteiger partial charge in [-0.25, -0.2) is 4.79 Å². The van der Waals surface area contributed by atoms with Crippen LogP contribution < -0.4 is 5.32 Å². The molecule has 1 amide bonds. The van der Waals surface area contributed by atoms with Crippen molar-refractivity contribution in [3.8, 4) is 0 Å². The summed E-state index contributed by atoms with van der Waals surface area (Å²) in [6.07, 6.45) is 3.18. The second-order valence-electron chi connectivity index (χ2n) is 5.91. The minimum atomic E-state index is -0.719. The fourth-order valence-electron chi connectivity index (χ4n) is 2.77. The van der Waals surface area contributed by atoms with E-state index >= 15 is 0 Å². The predicted octanol–water partition coefficient (Wildman–Crippen LogP) is 2.75. The van der Waals surface area contributed by atoms with Gasteiger partial charge in [0, 0.05) is 12.1 Å². The highest BCUT2D eigenvalue weighted by atomic mass is 32.1. The molecule has 23 heavy (non-hydrogen) atoms. The molecule has 3 atom stereocenters. The van der Waals surface area contributed by atoms with E-state index in [1.165, 1.54) is 18.6 Å². The van der Waals surface area contributed by atoms with Crippen molar-refractivity contribution in [2.45, 2.75) is 39.2 Å². The maximum atomic E-state index is 11.9. The first-order valence-corrected chi connectivity index (χ1v) is 8.41. The zero-order valence-electron chi connectivity index (χ0n) is 13.1. The fourth-order valence-corrected chi connectivity index (χ4v) is 3.49. The minimum Gasteiger partial charge on any atom is -0.451 e. The van der Waals surface area contributed by atoms with Crippen LogP contribution in [0.5, 0.6) is 0 Å². The molecule has 1 aromatic heterocycles. The maximum Gasteiger partial charge on any atom is 0.349 e. The Bertz CT molecular complexity index is 600. The third-order valence-corrected chi connectivity index (χ3v) is 5.38. The first kappa shape index (κ1) is 17.4. The molecule has 8 heteroatoms. The molecule has 0 spiro atoms. The number of thiophene rings is 1. The zero-order valence-corrected chi connectivity index (χ0v) is 13.9. The van der Waals surface area contributed by atoms with Gasteiger partial charge in [-0.3, -0.25) is 14.9 Å². The van der Waals surface area contributed by atoms with Crippen LogP contribution in [-0.4, -0.2) is 29.4 Å². The molecule has 1 saturated carbocycles. The molecule has 126 valence electrons. The molecule has 0 saturated heterocycles. The molecule has 1 heterocycles. The molecule has 1 N–H and O–H groups in total. The second-order valence-corrected chi connectivity index (χ2v) is 6.97. The maximum absolute atomic E-state index is 11.9. The van der Waals surface area contributed by atoms with E-state index in [0.717, 1.165) is 24.2 Å². The van der Waals surface area contributed by atoms with Crippen molar-refractivity contribution in [2.75, 3.05) is 6.61 Å². The molecular formula is C15H20N2O5S. The highest BCUT2D eigenvalue weighted by Gasteiger charge is 2.28. The summed E-state index contributed by atoms with van der Waals surface area (Å²) in [7, 11) is 0. The van der Waals surface area contributed by atoms with Crippen LogP contribution in [0, 0.1) is 22.0 Å². The molecule has 0 aliphatic heterocycles. The summed E-state index contributed by atoms with van der Waals surface area (Å²) in [5.74, 6) is -0.106. The molecule has 0 bridgehead atoms. The number of carbonyl (C=O) groups is 2. The standard InChI is InChI=1S/C15H20N2O5S/c1-9-4-3-5-11(10(9)2)16-13(18)8-22-15(19)12-6-7-14(23-12)17(20)21/h6-7,9-11H,3-5,8H2,1-2H3,(H,16,18)/t9-,10-,11+/m1/s1. The summed E-state index contributed by atoms with van der Waals surface area (Å²) in [6.45, 7) is 3.92. The average Bonchev–Trinajstić information content (AvgIpc) is 3.00. The zero-order chi connectivity index (χ0) is 17.0. The molecule has 0 radical (unpaired) electrons. The van der Waals surface area contributed by atoms with E-state index in [0.29, 0.717) is 11.8 Å². The van der Waals surface area contributed by atoms with Gasteiger partial charge >= 0.3 is 11.0 Å². The Kier molecular flexibility index (Phi) is 5.70. The molecular weight excluding hydrogens is 320 g/mol. The van der Waals surface area contributed by atoms with Crippen LogP contribution in [0.1, 0.15) is 42.8 Å². The average molecular weight is 340 g/mol. The molecule has 0 aromatic carbocycles. The van der Waals surface area contributed by atoms with E-state index in [4.69, 9.17) is 4.74 Å². The highest BCUT2D eigenvalue weighted by Crippen LogP contribution is 2.29. The number of amides is 1. The lowest BCUT2D eigenvalue weighted by Crippen LogP contribution is -2.45. The van der Waals surface area contributed by atoms with Crippen LogP contribution in [0.25, 0.3) is 0 Å². The van der Waals surface area contributed by atoms with Gasteiger partial charge in [-0.15, -0.1) is 0 Å². The number of carbonyl (C=O) groups excluding carboxylic acids is 2. The van der Waals surface area contributed by atoms with E-state index in [2.05, 4.69) is 19.2 Å². The fraction of sp³-hybridized carbons (Fsp3) is 0.600. The van der Waals surface area contributed by atoms with Gasteiger partial charge in [0.15, 0.2) is 6.61 Å². The Morgan fingerprint density at radius 1 is 1.39 bits per heavy atom. The van der Waals surface area contributed by atoms with Gasteiger partial charge in [-0.05, 0) is 24.3 Å². The lowest BCUT2D eigenvalue weighted by molar-refractivity contribution is -0.380. The summed E-state index contributed by atoms with van der Waals surface area (Å²) in [6, 6.07) is 2.67. The number of nitrogens with zero attached hydrogens (tertiary/aromatic N) is 1. The quantitative estimate of drug-likeness (QED) is 0.505. The van der Waals surface area contributed by atoms with Crippen LogP contribution in [0.3, 0.4) is 0 Å². The molecule has 0 unspecified atom stereocenters. The van der Waals surface area contributed by atoms with Crippen LogP contribution in [0.4, 0.5) is 5.00 Å². The van der Waals surface area contributed by atoms with E-state index in [1.807, 2.05) is 0 Å². The Morgan fingerprint density at radius 3 is 2.78 bits per heavy atom. The number of hydrogen-bond acceptors (Lipinski definition) is 6. The number of hydrogen-bond donors (Lipinski definition) is 1. The molecule has 1 aliphatic carbocycles. The van der Waals surface area contributed by atoms with Crippen LogP contribution in [0.15, 0.2) is 12.1 Å². The van der Waals surface area contributed by atoms with Crippen molar-refractivity contribution in [1.29, 1.82) is 0 Å². The smallest absolute Gasteiger partial charge is 0.349 e. The van der Waals surface area contributed by atoms with E-state index in [1.54, 1.807) is 0 Å². The van der Waals surface area contributed by atoms with Gasteiger partial charge in [0.1, 0.15) is 4.88 Å². The lowest BCUT2D eigenvalue weighted by Gasteiger charge is -2.34. The molecule has 1 aromatic rings. The SMILES string of the molecule is C[C@@H]1[C@H](C)CCC[C@@H]1NC(=O)COC(=O)c1ccc([N+](=O)[O-])s1. The van der Waals surface area contributed by atoms with Crippen LogP contribution in [0.2, 0.25) is 0 Å². The summed E-state index contributed by atoms with van der Waals surface area (Å²) < 4.78 is 4.92. The van der Waals surface area contributed by atoms with Crippen molar-refractivity contribution < 1.29 is 19.2 Å². The summed E-state index contributed by atoms with van der Waals surface area (Å²) >= 11 is 0.732. The number of esters is 1. The number of nitro groups is 1. The van der Waals surface area contributed by atoms with Crippen molar-refractivity contribution in [2.24, 2.45) is 11.8 Å². The third-order valence-electron chi connectivity index (χ3n) is 4.36. The Morgan fingerprint density at radius 2 is 2.13 bits per heavy atom. The Labute approximate surface area is 138 Å². The van der Waals surface area contributed by atoms with Crippen molar-refractivity contribution in [3.63, 3.8) is 0 Å². The van der Waals surface area contributed by atoms with Gasteiger partial charge in [0.25, 0.3) is 5.91 Å². The summed E-state index contributed by atoms with van der Waals surface area (Å²) in [4.78, 5) is 33.8. The van der Waals surface area contributed by atoms with Gasteiger partial charge in [0.2, 0.25) is 0 Å². The van der Waals surface area contributed by atoms with Crippen LogP contribution >= 0.6 is 11.3 Å². The molecule has 1 fully saturated rings. The summed E-state index contributed by atoms with van der Waals surface area (Å²) in [5.41, 5.74) is 0. The van der Waals surface area contributed by atoms with Gasteiger partial charge < -0.3 is 10.1 Å². The Balaban J connectivity index is 1.81. The predicted molar refractivity (Wildman–Crippen MR) is 85.4 cm³/mol. The normalized spacial score (nSPS) is 24.0. The third kappa shape index (κ3) is 4.51. The van der Waals surface area contributed by atoms with E-state index in [9.17, 15) is 19.7 Å². The summed E-state index contributed by atoms with van der Waals surface area (Å²) in [5, 5.41) is 13.4.